The lowest BCUT2D eigenvalue weighted by Gasteiger charge is -2.25. The van der Waals surface area contributed by atoms with E-state index in [4.69, 9.17) is 9.78 Å². The molecule has 0 radical (unpaired) electrons. The van der Waals surface area contributed by atoms with Crippen LogP contribution < -0.4 is 11.2 Å². The zero-order valence-corrected chi connectivity index (χ0v) is 14.4. The molecule has 1 aliphatic heterocycles. The maximum Gasteiger partial charge on any atom is 0.332 e. The summed E-state index contributed by atoms with van der Waals surface area (Å²) in [4.78, 5) is 39.6. The molecule has 1 aliphatic rings. The Morgan fingerprint density at radius 3 is 2.71 bits per heavy atom. The van der Waals surface area contributed by atoms with Gasteiger partial charge in [0, 0.05) is 20.6 Å². The van der Waals surface area contributed by atoms with Crippen molar-refractivity contribution in [3.8, 4) is 0 Å². The normalized spacial score (nSPS) is 21.5. The van der Waals surface area contributed by atoms with E-state index < -0.39 is 0 Å². The van der Waals surface area contributed by atoms with Crippen LogP contribution in [0.4, 0.5) is 0 Å². The number of hydrogen-bond acceptors (Lipinski definition) is 5. The van der Waals surface area contributed by atoms with Crippen molar-refractivity contribution < 1.29 is 9.78 Å². The SMILES string of the molecule is CC1CCC(CCCCn2c(=O)c3c(ncn3C)n(C)c2=O)OO1. The monoisotopic (exact) mass is 336 g/mol. The zero-order valence-electron chi connectivity index (χ0n) is 14.4. The molecule has 3 heterocycles. The number of nitrogens with zero attached hydrogens (tertiary/aromatic N) is 4. The second-order valence-electron chi connectivity index (χ2n) is 6.52. The minimum Gasteiger partial charge on any atom is -0.328 e. The Balaban J connectivity index is 1.66. The number of fused-ring (bicyclic) bond motifs is 1. The van der Waals surface area contributed by atoms with Gasteiger partial charge in [-0.2, -0.15) is 0 Å². The van der Waals surface area contributed by atoms with E-state index in [-0.39, 0.29) is 23.5 Å². The predicted molar refractivity (Wildman–Crippen MR) is 88.7 cm³/mol. The Morgan fingerprint density at radius 1 is 1.21 bits per heavy atom. The van der Waals surface area contributed by atoms with Crippen LogP contribution in [0.2, 0.25) is 0 Å². The van der Waals surface area contributed by atoms with Crippen LogP contribution in [-0.4, -0.2) is 30.9 Å². The summed E-state index contributed by atoms with van der Waals surface area (Å²) in [7, 11) is 3.40. The van der Waals surface area contributed by atoms with Gasteiger partial charge in [-0.1, -0.05) is 0 Å². The highest BCUT2D eigenvalue weighted by atomic mass is 17.2. The molecule has 0 aliphatic carbocycles. The number of aryl methyl sites for hydroxylation is 2. The number of rotatable bonds is 5. The topological polar surface area (TPSA) is 80.3 Å². The Kier molecular flexibility index (Phi) is 4.86. The molecule has 0 amide bonds. The van der Waals surface area contributed by atoms with Gasteiger partial charge in [-0.25, -0.2) is 19.6 Å². The van der Waals surface area contributed by atoms with Gasteiger partial charge in [-0.05, 0) is 39.0 Å². The molecule has 8 heteroatoms. The molecule has 24 heavy (non-hydrogen) atoms. The summed E-state index contributed by atoms with van der Waals surface area (Å²) in [6.07, 6.45) is 6.31. The summed E-state index contributed by atoms with van der Waals surface area (Å²) in [5, 5.41) is 0. The van der Waals surface area contributed by atoms with Crippen LogP contribution >= 0.6 is 0 Å². The van der Waals surface area contributed by atoms with Gasteiger partial charge in [0.1, 0.15) is 0 Å². The molecule has 1 fully saturated rings. The quantitative estimate of drug-likeness (QED) is 0.603. The van der Waals surface area contributed by atoms with Gasteiger partial charge in [0.2, 0.25) is 0 Å². The molecule has 0 saturated carbocycles. The fourth-order valence-corrected chi connectivity index (χ4v) is 3.12. The summed E-state index contributed by atoms with van der Waals surface area (Å²) < 4.78 is 4.38. The van der Waals surface area contributed by atoms with Crippen molar-refractivity contribution in [2.45, 2.75) is 57.8 Å². The highest BCUT2D eigenvalue weighted by Crippen LogP contribution is 2.20. The first kappa shape index (κ1) is 16.9. The fourth-order valence-electron chi connectivity index (χ4n) is 3.12. The molecular weight excluding hydrogens is 312 g/mol. The minimum absolute atomic E-state index is 0.111. The molecule has 0 N–H and O–H groups in total. The first-order chi connectivity index (χ1) is 11.5. The van der Waals surface area contributed by atoms with Crippen LogP contribution in [0.1, 0.15) is 39.0 Å². The molecule has 1 saturated heterocycles. The van der Waals surface area contributed by atoms with E-state index in [1.807, 2.05) is 6.92 Å². The Labute approximate surface area is 139 Å². The van der Waals surface area contributed by atoms with Crippen LogP contribution in [0, 0.1) is 0 Å². The standard InChI is InChI=1S/C16H24N4O4/c1-11-7-8-12(24-23-11)6-4-5-9-20-15(21)13-14(17-10-18(13)2)19(3)16(20)22/h10-12H,4-9H2,1-3H3. The van der Waals surface area contributed by atoms with Gasteiger partial charge in [-0.15, -0.1) is 0 Å². The molecule has 0 spiro atoms. The molecular formula is C16H24N4O4. The van der Waals surface area contributed by atoms with Gasteiger partial charge in [-0.3, -0.25) is 13.9 Å². The van der Waals surface area contributed by atoms with Crippen molar-refractivity contribution in [2.24, 2.45) is 14.1 Å². The molecule has 3 rings (SSSR count). The van der Waals surface area contributed by atoms with Crippen molar-refractivity contribution >= 4 is 11.2 Å². The van der Waals surface area contributed by atoms with Crippen LogP contribution in [0.15, 0.2) is 15.9 Å². The minimum atomic E-state index is -0.322. The first-order valence-electron chi connectivity index (χ1n) is 8.42. The lowest BCUT2D eigenvalue weighted by molar-refractivity contribution is -0.370. The second-order valence-corrected chi connectivity index (χ2v) is 6.52. The van der Waals surface area contributed by atoms with Crippen molar-refractivity contribution in [2.75, 3.05) is 0 Å². The summed E-state index contributed by atoms with van der Waals surface area (Å²) in [5.74, 6) is 0. The number of unbranched alkanes of at least 4 members (excludes halogenated alkanes) is 1. The third-order valence-electron chi connectivity index (χ3n) is 4.61. The van der Waals surface area contributed by atoms with Crippen molar-refractivity contribution in [1.29, 1.82) is 0 Å². The zero-order chi connectivity index (χ0) is 17.3. The van der Waals surface area contributed by atoms with Gasteiger partial charge < -0.3 is 4.57 Å². The van der Waals surface area contributed by atoms with E-state index >= 15 is 0 Å². The largest absolute Gasteiger partial charge is 0.332 e. The molecule has 0 bridgehead atoms. The van der Waals surface area contributed by atoms with E-state index in [0.29, 0.717) is 17.7 Å². The average Bonchev–Trinajstić information content (AvgIpc) is 2.96. The van der Waals surface area contributed by atoms with Crippen LogP contribution in [-0.2, 0) is 30.4 Å². The summed E-state index contributed by atoms with van der Waals surface area (Å²) in [6.45, 7) is 2.39. The smallest absolute Gasteiger partial charge is 0.328 e. The molecule has 2 aromatic heterocycles. The highest BCUT2D eigenvalue weighted by molar-refractivity contribution is 5.69. The van der Waals surface area contributed by atoms with E-state index in [9.17, 15) is 9.59 Å². The van der Waals surface area contributed by atoms with E-state index in [1.165, 1.54) is 9.13 Å². The third-order valence-corrected chi connectivity index (χ3v) is 4.61. The Hall–Kier alpha value is -1.93. The van der Waals surface area contributed by atoms with Gasteiger partial charge in [0.25, 0.3) is 5.56 Å². The summed E-state index contributed by atoms with van der Waals surface area (Å²) in [6, 6.07) is 0. The highest BCUT2D eigenvalue weighted by Gasteiger charge is 2.20. The average molecular weight is 336 g/mol. The van der Waals surface area contributed by atoms with Crippen LogP contribution in [0.25, 0.3) is 11.2 Å². The Bertz CT molecular complexity index is 827. The van der Waals surface area contributed by atoms with Crippen molar-refractivity contribution in [3.05, 3.63) is 27.2 Å². The van der Waals surface area contributed by atoms with Crippen molar-refractivity contribution in [1.82, 2.24) is 18.7 Å². The van der Waals surface area contributed by atoms with Crippen molar-refractivity contribution in [3.63, 3.8) is 0 Å². The fraction of sp³-hybridized carbons (Fsp3) is 0.688. The van der Waals surface area contributed by atoms with Crippen LogP contribution in [0.5, 0.6) is 0 Å². The van der Waals surface area contributed by atoms with E-state index in [1.54, 1.807) is 25.0 Å². The molecule has 2 unspecified atom stereocenters. The van der Waals surface area contributed by atoms with Gasteiger partial charge >= 0.3 is 5.69 Å². The number of hydrogen-bond donors (Lipinski definition) is 0. The number of aromatic nitrogens is 4. The second kappa shape index (κ2) is 6.90. The lowest BCUT2D eigenvalue weighted by atomic mass is 10.0. The third kappa shape index (κ3) is 3.16. The predicted octanol–water partition coefficient (Wildman–Crippen LogP) is 1.10. The van der Waals surface area contributed by atoms with Crippen LogP contribution in [0.3, 0.4) is 0 Å². The van der Waals surface area contributed by atoms with Gasteiger partial charge in [0.05, 0.1) is 18.5 Å². The molecule has 2 aromatic rings. The Morgan fingerprint density at radius 2 is 2.00 bits per heavy atom. The maximum absolute atomic E-state index is 12.6. The first-order valence-corrected chi connectivity index (χ1v) is 8.42. The number of imidazole rings is 1. The molecule has 8 nitrogen and oxygen atoms in total. The van der Waals surface area contributed by atoms with E-state index in [0.717, 1.165) is 32.1 Å². The molecule has 0 aromatic carbocycles. The maximum atomic E-state index is 12.6. The molecule has 2 atom stereocenters. The van der Waals surface area contributed by atoms with E-state index in [2.05, 4.69) is 4.98 Å². The lowest BCUT2D eigenvalue weighted by Crippen LogP contribution is -2.39. The van der Waals surface area contributed by atoms with Gasteiger partial charge in [0.15, 0.2) is 11.2 Å². The molecule has 132 valence electrons. The summed E-state index contributed by atoms with van der Waals surface area (Å²) in [5.41, 5.74) is 0.275. The summed E-state index contributed by atoms with van der Waals surface area (Å²) >= 11 is 0.